The Labute approximate surface area is 76.9 Å². The largest absolute Gasteiger partial charge is 0.316 e. The van der Waals surface area contributed by atoms with E-state index in [4.69, 9.17) is 0 Å². The van der Waals surface area contributed by atoms with Gasteiger partial charge in [-0.05, 0) is 44.2 Å². The highest BCUT2D eigenvalue weighted by molar-refractivity contribution is 4.72. The molecule has 12 heavy (non-hydrogen) atoms. The second-order valence-electron chi connectivity index (χ2n) is 4.35. The van der Waals surface area contributed by atoms with Crippen LogP contribution in [-0.4, -0.2) is 13.1 Å². The van der Waals surface area contributed by atoms with Gasteiger partial charge in [0, 0.05) is 0 Å². The third-order valence-corrected chi connectivity index (χ3v) is 2.93. The second kappa shape index (κ2) is 5.58. The summed E-state index contributed by atoms with van der Waals surface area (Å²) in [5, 5.41) is 3.57. The van der Waals surface area contributed by atoms with Crippen molar-refractivity contribution in [1.82, 2.24) is 5.32 Å². The Kier molecular flexibility index (Phi) is 4.67. The predicted molar refractivity (Wildman–Crippen MR) is 54.3 cm³/mol. The minimum Gasteiger partial charge on any atom is -0.316 e. The van der Waals surface area contributed by atoms with Crippen LogP contribution in [0.15, 0.2) is 0 Å². The van der Waals surface area contributed by atoms with Crippen molar-refractivity contribution < 1.29 is 0 Å². The van der Waals surface area contributed by atoms with Gasteiger partial charge in [0.25, 0.3) is 0 Å². The first-order valence-electron chi connectivity index (χ1n) is 5.53. The lowest BCUT2D eigenvalue weighted by molar-refractivity contribution is 0.294. The Morgan fingerprint density at radius 1 is 1.42 bits per heavy atom. The molecule has 0 bridgehead atoms. The molecule has 0 amide bonds. The van der Waals surface area contributed by atoms with E-state index in [-0.39, 0.29) is 0 Å². The van der Waals surface area contributed by atoms with Crippen molar-refractivity contribution in [3.05, 3.63) is 0 Å². The van der Waals surface area contributed by atoms with E-state index >= 15 is 0 Å². The normalized spacial score (nSPS) is 20.5. The smallest absolute Gasteiger partial charge is 0.00204 e. The lowest BCUT2D eigenvalue weighted by Crippen LogP contribution is -2.30. The van der Waals surface area contributed by atoms with Crippen LogP contribution < -0.4 is 5.32 Å². The number of rotatable bonds is 6. The van der Waals surface area contributed by atoms with Gasteiger partial charge in [0.2, 0.25) is 0 Å². The lowest BCUT2D eigenvalue weighted by atomic mass is 9.85. The summed E-state index contributed by atoms with van der Waals surface area (Å²) in [5.41, 5.74) is 0. The number of hydrogen-bond donors (Lipinski definition) is 1. The van der Waals surface area contributed by atoms with Gasteiger partial charge < -0.3 is 5.32 Å². The third kappa shape index (κ3) is 3.57. The Morgan fingerprint density at radius 3 is 2.67 bits per heavy atom. The van der Waals surface area contributed by atoms with E-state index in [0.29, 0.717) is 0 Å². The second-order valence-corrected chi connectivity index (χ2v) is 4.35. The van der Waals surface area contributed by atoms with Gasteiger partial charge in [0.15, 0.2) is 0 Å². The molecule has 1 heteroatoms. The van der Waals surface area contributed by atoms with Crippen molar-refractivity contribution in [3.8, 4) is 0 Å². The van der Waals surface area contributed by atoms with Crippen molar-refractivity contribution in [1.29, 1.82) is 0 Å². The molecule has 0 saturated heterocycles. The van der Waals surface area contributed by atoms with Crippen LogP contribution in [0.25, 0.3) is 0 Å². The van der Waals surface area contributed by atoms with E-state index in [0.717, 1.165) is 11.8 Å². The molecule has 1 aliphatic carbocycles. The fourth-order valence-electron chi connectivity index (χ4n) is 1.83. The van der Waals surface area contributed by atoms with Gasteiger partial charge >= 0.3 is 0 Å². The Hall–Kier alpha value is -0.0400. The van der Waals surface area contributed by atoms with Gasteiger partial charge in [-0.1, -0.05) is 26.7 Å². The number of hydrogen-bond acceptors (Lipinski definition) is 1. The first kappa shape index (κ1) is 10.0. The highest BCUT2D eigenvalue weighted by Crippen LogP contribution is 2.25. The topological polar surface area (TPSA) is 12.0 Å². The Morgan fingerprint density at radius 2 is 2.17 bits per heavy atom. The lowest BCUT2D eigenvalue weighted by Gasteiger charge is -2.26. The third-order valence-electron chi connectivity index (χ3n) is 2.93. The molecule has 0 aromatic rings. The molecular weight excluding hydrogens is 146 g/mol. The van der Waals surface area contributed by atoms with Crippen LogP contribution in [-0.2, 0) is 0 Å². The van der Waals surface area contributed by atoms with Crippen LogP contribution in [0.2, 0.25) is 0 Å². The van der Waals surface area contributed by atoms with E-state index in [1.54, 1.807) is 0 Å². The fourth-order valence-corrected chi connectivity index (χ4v) is 1.83. The molecule has 0 aliphatic heterocycles. The first-order valence-corrected chi connectivity index (χ1v) is 5.53. The summed E-state index contributed by atoms with van der Waals surface area (Å²) >= 11 is 0. The van der Waals surface area contributed by atoms with Gasteiger partial charge in [-0.15, -0.1) is 0 Å². The van der Waals surface area contributed by atoms with Crippen LogP contribution in [0.3, 0.4) is 0 Å². The Balaban J connectivity index is 1.86. The molecule has 1 aliphatic rings. The molecule has 0 spiro atoms. The van der Waals surface area contributed by atoms with E-state index in [9.17, 15) is 0 Å². The van der Waals surface area contributed by atoms with E-state index < -0.39 is 0 Å². The predicted octanol–water partition coefficient (Wildman–Crippen LogP) is 2.81. The maximum Gasteiger partial charge on any atom is -0.00204 e. The molecule has 1 saturated carbocycles. The molecule has 1 N–H and O–H groups in total. The van der Waals surface area contributed by atoms with Crippen LogP contribution in [0, 0.1) is 11.8 Å². The minimum absolute atomic E-state index is 0.870. The average Bonchev–Trinajstić information content (AvgIpc) is 1.95. The van der Waals surface area contributed by atoms with Gasteiger partial charge in [-0.3, -0.25) is 0 Å². The molecular formula is C11H23N. The fraction of sp³-hybridized carbons (Fsp3) is 1.00. The van der Waals surface area contributed by atoms with E-state index in [1.807, 2.05) is 0 Å². The SMILES string of the molecule is CCCC(C)CNCC1CCC1. The zero-order chi connectivity index (χ0) is 8.81. The van der Waals surface area contributed by atoms with Crippen LogP contribution in [0.4, 0.5) is 0 Å². The standard InChI is InChI=1S/C11H23N/c1-3-5-10(2)8-12-9-11-6-4-7-11/h10-12H,3-9H2,1-2H3. The van der Waals surface area contributed by atoms with Gasteiger partial charge in [0.05, 0.1) is 0 Å². The van der Waals surface area contributed by atoms with Gasteiger partial charge in [0.1, 0.15) is 0 Å². The van der Waals surface area contributed by atoms with Crippen LogP contribution in [0.1, 0.15) is 46.0 Å². The minimum atomic E-state index is 0.870. The monoisotopic (exact) mass is 169 g/mol. The summed E-state index contributed by atoms with van der Waals surface area (Å²) in [5.74, 6) is 1.88. The molecule has 0 radical (unpaired) electrons. The summed E-state index contributed by atoms with van der Waals surface area (Å²) < 4.78 is 0. The Bertz CT molecular complexity index is 108. The van der Waals surface area contributed by atoms with Gasteiger partial charge in [-0.25, -0.2) is 0 Å². The van der Waals surface area contributed by atoms with Crippen molar-refractivity contribution in [2.45, 2.75) is 46.0 Å². The zero-order valence-electron chi connectivity index (χ0n) is 8.60. The summed E-state index contributed by atoms with van der Waals surface area (Å²) in [7, 11) is 0. The summed E-state index contributed by atoms with van der Waals surface area (Å²) in [6.45, 7) is 7.11. The molecule has 1 atom stereocenters. The first-order chi connectivity index (χ1) is 5.83. The highest BCUT2D eigenvalue weighted by atomic mass is 14.9. The van der Waals surface area contributed by atoms with E-state index in [1.165, 1.54) is 45.2 Å². The summed E-state index contributed by atoms with van der Waals surface area (Å²) in [6, 6.07) is 0. The molecule has 0 aromatic heterocycles. The van der Waals surface area contributed by atoms with Crippen molar-refractivity contribution in [2.24, 2.45) is 11.8 Å². The average molecular weight is 169 g/mol. The van der Waals surface area contributed by atoms with Crippen LogP contribution in [0.5, 0.6) is 0 Å². The zero-order valence-corrected chi connectivity index (χ0v) is 8.60. The molecule has 1 fully saturated rings. The number of nitrogens with one attached hydrogen (secondary N) is 1. The van der Waals surface area contributed by atoms with Gasteiger partial charge in [-0.2, -0.15) is 0 Å². The quantitative estimate of drug-likeness (QED) is 0.644. The molecule has 1 rings (SSSR count). The van der Waals surface area contributed by atoms with E-state index in [2.05, 4.69) is 19.2 Å². The molecule has 0 aromatic carbocycles. The van der Waals surface area contributed by atoms with Crippen molar-refractivity contribution >= 4 is 0 Å². The highest BCUT2D eigenvalue weighted by Gasteiger charge is 2.16. The van der Waals surface area contributed by atoms with Crippen LogP contribution >= 0.6 is 0 Å². The van der Waals surface area contributed by atoms with Crippen molar-refractivity contribution in [2.75, 3.05) is 13.1 Å². The van der Waals surface area contributed by atoms with Crippen molar-refractivity contribution in [3.63, 3.8) is 0 Å². The summed E-state index contributed by atoms with van der Waals surface area (Å²) in [6.07, 6.45) is 7.10. The summed E-state index contributed by atoms with van der Waals surface area (Å²) in [4.78, 5) is 0. The maximum atomic E-state index is 3.57. The molecule has 72 valence electrons. The molecule has 1 nitrogen and oxygen atoms in total. The maximum absolute atomic E-state index is 3.57. The molecule has 1 unspecified atom stereocenters. The molecule has 0 heterocycles.